The predicted octanol–water partition coefficient (Wildman–Crippen LogP) is 2.62. The van der Waals surface area contributed by atoms with E-state index in [0.717, 1.165) is 12.3 Å². The zero-order chi connectivity index (χ0) is 15.3. The van der Waals surface area contributed by atoms with Gasteiger partial charge in [0.1, 0.15) is 10.7 Å². The molecule has 0 spiro atoms. The van der Waals surface area contributed by atoms with Crippen molar-refractivity contribution in [3.05, 3.63) is 18.3 Å². The van der Waals surface area contributed by atoms with Gasteiger partial charge in [0.2, 0.25) is 10.0 Å². The normalized spacial score (nSPS) is 23.0. The Morgan fingerprint density at radius 1 is 1.38 bits per heavy atom. The lowest BCUT2D eigenvalue weighted by molar-refractivity contribution is 0.271. The molecule has 1 aromatic rings. The maximum absolute atomic E-state index is 12.3. The van der Waals surface area contributed by atoms with Gasteiger partial charge in [-0.05, 0) is 36.8 Å². The molecular formula is C15H25N3O2S. The van der Waals surface area contributed by atoms with E-state index in [1.54, 1.807) is 25.4 Å². The Bertz CT molecular complexity index is 560. The van der Waals surface area contributed by atoms with Gasteiger partial charge < -0.3 is 5.32 Å². The van der Waals surface area contributed by atoms with E-state index in [1.807, 2.05) is 0 Å². The van der Waals surface area contributed by atoms with Crippen molar-refractivity contribution >= 4 is 15.8 Å². The summed E-state index contributed by atoms with van der Waals surface area (Å²) < 4.78 is 27.4. The van der Waals surface area contributed by atoms with Crippen LogP contribution in [0.25, 0.3) is 0 Å². The SMILES string of the molecule is CNc1ncccc1S(=O)(=O)NCCC1CCCC(C)C1. The van der Waals surface area contributed by atoms with Crippen LogP contribution in [0.15, 0.2) is 23.2 Å². The zero-order valence-corrected chi connectivity index (χ0v) is 13.6. The Morgan fingerprint density at radius 2 is 2.19 bits per heavy atom. The molecule has 2 N–H and O–H groups in total. The van der Waals surface area contributed by atoms with Crippen LogP contribution in [-0.4, -0.2) is 27.0 Å². The van der Waals surface area contributed by atoms with Gasteiger partial charge in [0, 0.05) is 19.8 Å². The van der Waals surface area contributed by atoms with Crippen molar-refractivity contribution in [1.82, 2.24) is 9.71 Å². The molecule has 0 bridgehead atoms. The van der Waals surface area contributed by atoms with Crippen molar-refractivity contribution in [1.29, 1.82) is 0 Å². The van der Waals surface area contributed by atoms with Crippen LogP contribution in [0.3, 0.4) is 0 Å². The number of aromatic nitrogens is 1. The predicted molar refractivity (Wildman–Crippen MR) is 84.7 cm³/mol. The van der Waals surface area contributed by atoms with E-state index < -0.39 is 10.0 Å². The molecule has 1 aliphatic rings. The standard InChI is InChI=1S/C15H25N3O2S/c1-12-5-3-6-13(11-12)8-10-18-21(19,20)14-7-4-9-17-15(14)16-2/h4,7,9,12-13,18H,3,5-6,8,10-11H2,1-2H3,(H,16,17). The van der Waals surface area contributed by atoms with E-state index in [4.69, 9.17) is 0 Å². The second-order valence-electron chi connectivity index (χ2n) is 5.92. The van der Waals surface area contributed by atoms with E-state index in [9.17, 15) is 8.42 Å². The van der Waals surface area contributed by atoms with Crippen LogP contribution in [0.4, 0.5) is 5.82 Å². The highest BCUT2D eigenvalue weighted by molar-refractivity contribution is 7.89. The summed E-state index contributed by atoms with van der Waals surface area (Å²) in [6.07, 6.45) is 7.51. The van der Waals surface area contributed by atoms with Crippen molar-refractivity contribution in [2.75, 3.05) is 18.9 Å². The molecule has 21 heavy (non-hydrogen) atoms. The summed E-state index contributed by atoms with van der Waals surface area (Å²) in [4.78, 5) is 4.25. The van der Waals surface area contributed by atoms with Gasteiger partial charge in [-0.15, -0.1) is 0 Å². The lowest BCUT2D eigenvalue weighted by Gasteiger charge is -2.26. The average Bonchev–Trinajstić information content (AvgIpc) is 2.47. The first-order valence-corrected chi connectivity index (χ1v) is 9.13. The number of pyridine rings is 1. The van der Waals surface area contributed by atoms with Crippen LogP contribution in [-0.2, 0) is 10.0 Å². The number of rotatable bonds is 6. The van der Waals surface area contributed by atoms with Gasteiger partial charge in [0.25, 0.3) is 0 Å². The van der Waals surface area contributed by atoms with Gasteiger partial charge in [0.15, 0.2) is 0 Å². The smallest absolute Gasteiger partial charge is 0.244 e. The minimum Gasteiger partial charge on any atom is -0.372 e. The fourth-order valence-corrected chi connectivity index (χ4v) is 4.30. The van der Waals surface area contributed by atoms with E-state index in [1.165, 1.54) is 25.7 Å². The number of sulfonamides is 1. The molecule has 6 heteroatoms. The summed E-state index contributed by atoms with van der Waals surface area (Å²) in [7, 11) is -1.82. The quantitative estimate of drug-likeness (QED) is 0.847. The molecule has 5 nitrogen and oxygen atoms in total. The molecule has 0 aliphatic heterocycles. The molecule has 0 aromatic carbocycles. The molecule has 0 saturated heterocycles. The fraction of sp³-hybridized carbons (Fsp3) is 0.667. The second-order valence-corrected chi connectivity index (χ2v) is 7.66. The highest BCUT2D eigenvalue weighted by Crippen LogP contribution is 2.30. The highest BCUT2D eigenvalue weighted by atomic mass is 32.2. The van der Waals surface area contributed by atoms with E-state index >= 15 is 0 Å². The van der Waals surface area contributed by atoms with Crippen molar-refractivity contribution in [3.8, 4) is 0 Å². The Kier molecular flexibility index (Phi) is 5.58. The number of nitrogens with zero attached hydrogens (tertiary/aromatic N) is 1. The van der Waals surface area contributed by atoms with Crippen molar-refractivity contribution in [2.24, 2.45) is 11.8 Å². The van der Waals surface area contributed by atoms with E-state index in [0.29, 0.717) is 18.3 Å². The lowest BCUT2D eigenvalue weighted by Crippen LogP contribution is -2.28. The highest BCUT2D eigenvalue weighted by Gasteiger charge is 2.21. The fourth-order valence-electron chi connectivity index (χ4n) is 3.09. The topological polar surface area (TPSA) is 71.1 Å². The molecule has 1 heterocycles. The van der Waals surface area contributed by atoms with Crippen LogP contribution < -0.4 is 10.0 Å². The Hall–Kier alpha value is -1.14. The van der Waals surface area contributed by atoms with Gasteiger partial charge in [-0.25, -0.2) is 18.1 Å². The summed E-state index contributed by atoms with van der Waals surface area (Å²) in [5.74, 6) is 1.81. The molecule has 2 atom stereocenters. The van der Waals surface area contributed by atoms with Gasteiger partial charge in [-0.2, -0.15) is 0 Å². The molecule has 0 radical (unpaired) electrons. The first-order valence-electron chi connectivity index (χ1n) is 7.65. The minimum absolute atomic E-state index is 0.213. The van der Waals surface area contributed by atoms with Crippen LogP contribution in [0.1, 0.15) is 39.0 Å². The maximum atomic E-state index is 12.3. The average molecular weight is 311 g/mol. The summed E-state index contributed by atoms with van der Waals surface area (Å²) in [6, 6.07) is 3.21. The van der Waals surface area contributed by atoms with Crippen LogP contribution >= 0.6 is 0 Å². The molecule has 1 fully saturated rings. The second kappa shape index (κ2) is 7.22. The van der Waals surface area contributed by atoms with Gasteiger partial charge in [0.05, 0.1) is 0 Å². The van der Waals surface area contributed by atoms with Crippen molar-refractivity contribution in [2.45, 2.75) is 43.9 Å². The molecule has 0 amide bonds. The van der Waals surface area contributed by atoms with Crippen molar-refractivity contribution in [3.63, 3.8) is 0 Å². The molecule has 2 rings (SSSR count). The van der Waals surface area contributed by atoms with Crippen molar-refractivity contribution < 1.29 is 8.42 Å². The monoisotopic (exact) mass is 311 g/mol. The number of hydrogen-bond acceptors (Lipinski definition) is 4. The molecule has 1 saturated carbocycles. The third kappa shape index (κ3) is 4.41. The van der Waals surface area contributed by atoms with E-state index in [-0.39, 0.29) is 4.90 Å². The van der Waals surface area contributed by atoms with Crippen LogP contribution in [0.2, 0.25) is 0 Å². The maximum Gasteiger partial charge on any atom is 0.244 e. The lowest BCUT2D eigenvalue weighted by atomic mass is 9.81. The first kappa shape index (κ1) is 16.2. The molecule has 2 unspecified atom stereocenters. The summed E-state index contributed by atoms with van der Waals surface area (Å²) >= 11 is 0. The van der Waals surface area contributed by atoms with E-state index in [2.05, 4.69) is 21.9 Å². The number of nitrogens with one attached hydrogen (secondary N) is 2. The first-order chi connectivity index (χ1) is 10.0. The summed E-state index contributed by atoms with van der Waals surface area (Å²) in [6.45, 7) is 2.78. The zero-order valence-electron chi connectivity index (χ0n) is 12.8. The molecule has 1 aromatic heterocycles. The Morgan fingerprint density at radius 3 is 2.90 bits per heavy atom. The molecular weight excluding hydrogens is 286 g/mol. The summed E-state index contributed by atoms with van der Waals surface area (Å²) in [5.41, 5.74) is 0. The Labute approximate surface area is 127 Å². The van der Waals surface area contributed by atoms with Gasteiger partial charge in [-0.1, -0.05) is 26.2 Å². The minimum atomic E-state index is -3.49. The summed E-state index contributed by atoms with van der Waals surface area (Å²) in [5, 5.41) is 2.82. The van der Waals surface area contributed by atoms with Gasteiger partial charge >= 0.3 is 0 Å². The number of hydrogen-bond donors (Lipinski definition) is 2. The number of anilines is 1. The molecule has 1 aliphatic carbocycles. The molecule has 118 valence electrons. The third-order valence-corrected chi connectivity index (χ3v) is 5.68. The Balaban J connectivity index is 1.92. The largest absolute Gasteiger partial charge is 0.372 e. The van der Waals surface area contributed by atoms with Gasteiger partial charge in [-0.3, -0.25) is 0 Å². The van der Waals surface area contributed by atoms with Crippen LogP contribution in [0.5, 0.6) is 0 Å². The third-order valence-electron chi connectivity index (χ3n) is 4.19. The van der Waals surface area contributed by atoms with Crippen LogP contribution in [0, 0.1) is 11.8 Å².